The van der Waals surface area contributed by atoms with E-state index in [4.69, 9.17) is 0 Å². The number of hydrogen-bond donors (Lipinski definition) is 0. The van der Waals surface area contributed by atoms with Crippen LogP contribution >= 0.6 is 0 Å². The number of benzene rings is 1. The Kier molecular flexibility index (Phi) is 5.13. The highest BCUT2D eigenvalue weighted by molar-refractivity contribution is 6.02. The van der Waals surface area contributed by atoms with Crippen molar-refractivity contribution < 1.29 is 9.59 Å². The van der Waals surface area contributed by atoms with Crippen LogP contribution in [0.25, 0.3) is 12.2 Å². The number of allylic oxidation sites excluding steroid dienone is 2. The van der Waals surface area contributed by atoms with Gasteiger partial charge in [0.1, 0.15) is 0 Å². The molecular formula is C22H26O2. The zero-order valence-electron chi connectivity index (χ0n) is 14.7. The molecule has 0 bridgehead atoms. The molecule has 2 heteroatoms. The minimum absolute atomic E-state index is 0.160. The summed E-state index contributed by atoms with van der Waals surface area (Å²) in [6.45, 7) is 4.04. The molecule has 2 nitrogen and oxygen atoms in total. The SMILES string of the molecule is CC1CCC/C(=C\c2ccc(/C=C3\CCCC(C)C3=O)cc2)C1=O. The molecule has 24 heavy (non-hydrogen) atoms. The Morgan fingerprint density at radius 1 is 0.750 bits per heavy atom. The van der Waals surface area contributed by atoms with Gasteiger partial charge in [-0.15, -0.1) is 0 Å². The molecule has 0 aromatic heterocycles. The molecule has 0 heterocycles. The van der Waals surface area contributed by atoms with Crippen LogP contribution in [0, 0.1) is 11.8 Å². The molecule has 2 aliphatic rings. The Balaban J connectivity index is 1.76. The van der Waals surface area contributed by atoms with Gasteiger partial charge < -0.3 is 0 Å². The van der Waals surface area contributed by atoms with Gasteiger partial charge in [0.25, 0.3) is 0 Å². The molecule has 2 unspecified atom stereocenters. The number of carbonyl (C=O) groups excluding carboxylic acids is 2. The summed E-state index contributed by atoms with van der Waals surface area (Å²) < 4.78 is 0. The van der Waals surface area contributed by atoms with Gasteiger partial charge in [-0.05, 0) is 73.0 Å². The summed E-state index contributed by atoms with van der Waals surface area (Å²) in [5.41, 5.74) is 4.04. The highest BCUT2D eigenvalue weighted by atomic mass is 16.1. The molecule has 1 aromatic rings. The Labute approximate surface area is 144 Å². The molecule has 2 fully saturated rings. The summed E-state index contributed by atoms with van der Waals surface area (Å²) in [6, 6.07) is 8.18. The molecule has 126 valence electrons. The topological polar surface area (TPSA) is 34.1 Å². The maximum Gasteiger partial charge on any atom is 0.161 e. The summed E-state index contributed by atoms with van der Waals surface area (Å²) in [5.74, 6) is 0.921. The van der Waals surface area contributed by atoms with Crippen LogP contribution in [-0.2, 0) is 9.59 Å². The fourth-order valence-corrected chi connectivity index (χ4v) is 3.72. The lowest BCUT2D eigenvalue weighted by molar-refractivity contribution is -0.120. The Morgan fingerprint density at radius 2 is 1.12 bits per heavy atom. The number of Topliss-reactive ketones (excluding diaryl/α,β-unsaturated/α-hetero) is 2. The van der Waals surface area contributed by atoms with Gasteiger partial charge in [-0.3, -0.25) is 9.59 Å². The Morgan fingerprint density at radius 3 is 1.50 bits per heavy atom. The van der Waals surface area contributed by atoms with Crippen molar-refractivity contribution in [2.75, 3.05) is 0 Å². The minimum Gasteiger partial charge on any atom is -0.294 e. The van der Waals surface area contributed by atoms with Crippen molar-refractivity contribution >= 4 is 23.7 Å². The maximum absolute atomic E-state index is 12.2. The van der Waals surface area contributed by atoms with Gasteiger partial charge in [-0.25, -0.2) is 0 Å². The minimum atomic E-state index is 0.160. The maximum atomic E-state index is 12.2. The van der Waals surface area contributed by atoms with Crippen LogP contribution in [0.1, 0.15) is 63.5 Å². The Hall–Kier alpha value is -1.96. The average Bonchev–Trinajstić information content (AvgIpc) is 2.58. The van der Waals surface area contributed by atoms with Crippen molar-refractivity contribution in [1.29, 1.82) is 0 Å². The van der Waals surface area contributed by atoms with Crippen LogP contribution in [0.5, 0.6) is 0 Å². The van der Waals surface area contributed by atoms with Crippen LogP contribution in [0.15, 0.2) is 35.4 Å². The monoisotopic (exact) mass is 322 g/mol. The van der Waals surface area contributed by atoms with Gasteiger partial charge in [0.15, 0.2) is 11.6 Å². The fraction of sp³-hybridized carbons (Fsp3) is 0.455. The normalized spacial score (nSPS) is 28.6. The van der Waals surface area contributed by atoms with Gasteiger partial charge in [-0.2, -0.15) is 0 Å². The standard InChI is InChI=1S/C22H26O2/c1-15-5-3-7-19(21(15)23)13-17-9-11-18(12-10-17)14-20-8-4-6-16(2)22(20)24/h9-16H,3-8H2,1-2H3/b19-13+,20-14+. The second kappa shape index (κ2) is 7.29. The zero-order valence-corrected chi connectivity index (χ0v) is 14.7. The van der Waals surface area contributed by atoms with Gasteiger partial charge >= 0.3 is 0 Å². The quantitative estimate of drug-likeness (QED) is 0.699. The number of carbonyl (C=O) groups is 2. The van der Waals surface area contributed by atoms with Gasteiger partial charge in [0.2, 0.25) is 0 Å². The van der Waals surface area contributed by atoms with Crippen molar-refractivity contribution in [2.24, 2.45) is 11.8 Å². The molecule has 0 amide bonds. The molecule has 2 aliphatic carbocycles. The molecule has 2 saturated carbocycles. The molecule has 0 spiro atoms. The van der Waals surface area contributed by atoms with Crippen molar-refractivity contribution in [2.45, 2.75) is 52.4 Å². The van der Waals surface area contributed by atoms with Crippen molar-refractivity contribution in [3.8, 4) is 0 Å². The summed E-state index contributed by atoms with van der Waals surface area (Å²) in [6.07, 6.45) is 10.1. The van der Waals surface area contributed by atoms with E-state index in [1.54, 1.807) is 0 Å². The summed E-state index contributed by atoms with van der Waals surface area (Å²) in [7, 11) is 0. The average molecular weight is 322 g/mol. The van der Waals surface area contributed by atoms with E-state index in [9.17, 15) is 9.59 Å². The lowest BCUT2D eigenvalue weighted by Gasteiger charge is -2.19. The van der Waals surface area contributed by atoms with Gasteiger partial charge in [0.05, 0.1) is 0 Å². The molecule has 0 N–H and O–H groups in total. The predicted molar refractivity (Wildman–Crippen MR) is 98.4 cm³/mol. The van der Waals surface area contributed by atoms with E-state index in [0.29, 0.717) is 11.6 Å². The largest absolute Gasteiger partial charge is 0.294 e. The van der Waals surface area contributed by atoms with E-state index in [-0.39, 0.29) is 11.8 Å². The summed E-state index contributed by atoms with van der Waals surface area (Å²) >= 11 is 0. The van der Waals surface area contributed by atoms with Crippen molar-refractivity contribution in [3.05, 3.63) is 46.5 Å². The van der Waals surface area contributed by atoms with E-state index in [1.807, 2.05) is 50.3 Å². The summed E-state index contributed by atoms with van der Waals surface area (Å²) in [4.78, 5) is 24.4. The Bertz CT molecular complexity index is 630. The van der Waals surface area contributed by atoms with Crippen LogP contribution < -0.4 is 0 Å². The second-order valence-electron chi connectivity index (χ2n) is 7.32. The third-order valence-electron chi connectivity index (χ3n) is 5.31. The predicted octanol–water partition coefficient (Wildman–Crippen LogP) is 5.23. The van der Waals surface area contributed by atoms with Crippen LogP contribution in [0.3, 0.4) is 0 Å². The van der Waals surface area contributed by atoms with Crippen LogP contribution in [-0.4, -0.2) is 11.6 Å². The molecular weight excluding hydrogens is 296 g/mol. The number of ketones is 2. The smallest absolute Gasteiger partial charge is 0.161 e. The first-order valence-electron chi connectivity index (χ1n) is 9.14. The first-order valence-corrected chi connectivity index (χ1v) is 9.14. The molecule has 2 atom stereocenters. The van der Waals surface area contributed by atoms with Crippen LogP contribution in [0.4, 0.5) is 0 Å². The molecule has 0 saturated heterocycles. The van der Waals surface area contributed by atoms with E-state index >= 15 is 0 Å². The molecule has 0 radical (unpaired) electrons. The summed E-state index contributed by atoms with van der Waals surface area (Å²) in [5, 5.41) is 0. The van der Waals surface area contributed by atoms with Crippen LogP contribution in [0.2, 0.25) is 0 Å². The lowest BCUT2D eigenvalue weighted by Crippen LogP contribution is -2.18. The fourth-order valence-electron chi connectivity index (χ4n) is 3.72. The third-order valence-corrected chi connectivity index (χ3v) is 5.31. The molecule has 1 aromatic carbocycles. The van der Waals surface area contributed by atoms with Gasteiger partial charge in [0, 0.05) is 11.8 Å². The van der Waals surface area contributed by atoms with Crippen molar-refractivity contribution in [1.82, 2.24) is 0 Å². The first kappa shape index (κ1) is 16.9. The number of hydrogen-bond acceptors (Lipinski definition) is 2. The second-order valence-corrected chi connectivity index (χ2v) is 7.32. The lowest BCUT2D eigenvalue weighted by atomic mass is 9.84. The van der Waals surface area contributed by atoms with E-state index < -0.39 is 0 Å². The highest BCUT2D eigenvalue weighted by Crippen LogP contribution is 2.28. The zero-order chi connectivity index (χ0) is 17.1. The first-order chi connectivity index (χ1) is 11.5. The van der Waals surface area contributed by atoms with E-state index in [0.717, 1.165) is 60.8 Å². The number of rotatable bonds is 2. The van der Waals surface area contributed by atoms with Gasteiger partial charge in [-0.1, -0.05) is 38.1 Å². The van der Waals surface area contributed by atoms with Crippen molar-refractivity contribution in [3.63, 3.8) is 0 Å². The third kappa shape index (κ3) is 3.75. The van der Waals surface area contributed by atoms with E-state index in [2.05, 4.69) is 0 Å². The molecule has 3 rings (SSSR count). The molecule has 0 aliphatic heterocycles. The highest BCUT2D eigenvalue weighted by Gasteiger charge is 2.23. The van der Waals surface area contributed by atoms with E-state index in [1.165, 1.54) is 0 Å².